The predicted molar refractivity (Wildman–Crippen MR) is 68.4 cm³/mol. The molecule has 2 rings (SSSR count). The number of hydrogen-bond acceptors (Lipinski definition) is 5. The molecule has 1 atom stereocenters. The molecule has 0 radical (unpaired) electrons. The lowest BCUT2D eigenvalue weighted by Crippen LogP contribution is -2.51. The van der Waals surface area contributed by atoms with E-state index in [-0.39, 0.29) is 24.4 Å². The van der Waals surface area contributed by atoms with Gasteiger partial charge < -0.3 is 4.74 Å². The number of thioether (sulfide) groups is 1. The average Bonchev–Trinajstić information content (AvgIpc) is 2.28. The summed E-state index contributed by atoms with van der Waals surface area (Å²) in [5.74, 6) is -0.465. The Kier molecular flexibility index (Phi) is 4.10. The van der Waals surface area contributed by atoms with Crippen LogP contribution in [0, 0.1) is 5.92 Å². The molecular formula is C13H18O4S. The van der Waals surface area contributed by atoms with Crippen LogP contribution in [-0.4, -0.2) is 34.6 Å². The van der Waals surface area contributed by atoms with Crippen LogP contribution in [0.2, 0.25) is 0 Å². The minimum atomic E-state index is -1.15. The van der Waals surface area contributed by atoms with Crippen molar-refractivity contribution in [1.29, 1.82) is 0 Å². The lowest BCUT2D eigenvalue weighted by atomic mass is 9.81. The average molecular weight is 270 g/mol. The standard InChI is InChI=1S/C13H18O4S/c1-2-3-9(14)11-10(15)8-13(17-12(11)16)4-6-18-7-5-13/h11H,2-8H2,1H3. The molecule has 0 aliphatic carbocycles. The van der Waals surface area contributed by atoms with Gasteiger partial charge in [-0.3, -0.25) is 14.4 Å². The zero-order valence-corrected chi connectivity index (χ0v) is 11.4. The van der Waals surface area contributed by atoms with E-state index in [1.165, 1.54) is 0 Å². The fraction of sp³-hybridized carbons (Fsp3) is 0.769. The molecule has 0 aromatic heterocycles. The molecule has 1 unspecified atom stereocenters. The second kappa shape index (κ2) is 5.43. The minimum Gasteiger partial charge on any atom is -0.458 e. The maximum absolute atomic E-state index is 12.1. The first kappa shape index (κ1) is 13.6. The number of Topliss-reactive ketones (excluding diaryl/α,β-unsaturated/α-hetero) is 2. The Bertz CT molecular complexity index is 351. The molecule has 0 aromatic carbocycles. The van der Waals surface area contributed by atoms with E-state index in [1.54, 1.807) is 0 Å². The van der Waals surface area contributed by atoms with Gasteiger partial charge in [0.25, 0.3) is 0 Å². The molecule has 18 heavy (non-hydrogen) atoms. The third kappa shape index (κ3) is 2.60. The molecule has 2 aliphatic heterocycles. The predicted octanol–water partition coefficient (Wildman–Crippen LogP) is 1.75. The first-order valence-corrected chi connectivity index (χ1v) is 7.59. The fourth-order valence-corrected chi connectivity index (χ4v) is 3.82. The van der Waals surface area contributed by atoms with Gasteiger partial charge in [0, 0.05) is 12.8 Å². The van der Waals surface area contributed by atoms with Gasteiger partial charge in [-0.1, -0.05) is 6.92 Å². The van der Waals surface area contributed by atoms with Crippen molar-refractivity contribution in [3.8, 4) is 0 Å². The molecule has 4 nitrogen and oxygen atoms in total. The molecular weight excluding hydrogens is 252 g/mol. The molecule has 2 saturated heterocycles. The molecule has 2 heterocycles. The third-order valence-corrected chi connectivity index (χ3v) is 4.58. The van der Waals surface area contributed by atoms with Crippen LogP contribution in [0.3, 0.4) is 0 Å². The van der Waals surface area contributed by atoms with Crippen LogP contribution in [0.4, 0.5) is 0 Å². The normalized spacial score (nSPS) is 27.1. The Morgan fingerprint density at radius 3 is 2.61 bits per heavy atom. The van der Waals surface area contributed by atoms with Gasteiger partial charge in [-0.2, -0.15) is 11.8 Å². The summed E-state index contributed by atoms with van der Waals surface area (Å²) in [7, 11) is 0. The molecule has 100 valence electrons. The SMILES string of the molecule is CCCC(=O)C1C(=O)CC2(CCSCC2)OC1=O. The van der Waals surface area contributed by atoms with Crippen LogP contribution in [0.15, 0.2) is 0 Å². The van der Waals surface area contributed by atoms with Crippen LogP contribution in [0.25, 0.3) is 0 Å². The van der Waals surface area contributed by atoms with Crippen LogP contribution >= 0.6 is 11.8 Å². The van der Waals surface area contributed by atoms with Crippen molar-refractivity contribution in [2.24, 2.45) is 5.92 Å². The number of carbonyl (C=O) groups is 3. The van der Waals surface area contributed by atoms with Gasteiger partial charge in [0.2, 0.25) is 0 Å². The maximum atomic E-state index is 12.1. The van der Waals surface area contributed by atoms with Crippen LogP contribution in [0.5, 0.6) is 0 Å². The summed E-state index contributed by atoms with van der Waals surface area (Å²) in [5.41, 5.74) is -0.609. The molecule has 2 fully saturated rings. The van der Waals surface area contributed by atoms with E-state index in [2.05, 4.69) is 0 Å². The van der Waals surface area contributed by atoms with Crippen LogP contribution in [-0.2, 0) is 19.1 Å². The molecule has 1 spiro atoms. The highest BCUT2D eigenvalue weighted by molar-refractivity contribution is 7.99. The monoisotopic (exact) mass is 270 g/mol. The maximum Gasteiger partial charge on any atom is 0.324 e. The first-order chi connectivity index (χ1) is 8.58. The summed E-state index contributed by atoms with van der Waals surface area (Å²) in [6.07, 6.45) is 2.60. The zero-order chi connectivity index (χ0) is 13.2. The van der Waals surface area contributed by atoms with Gasteiger partial charge in [-0.15, -0.1) is 0 Å². The highest BCUT2D eigenvalue weighted by atomic mass is 32.2. The van der Waals surface area contributed by atoms with E-state index in [4.69, 9.17) is 4.74 Å². The van der Waals surface area contributed by atoms with Crippen LogP contribution < -0.4 is 0 Å². The van der Waals surface area contributed by atoms with E-state index >= 15 is 0 Å². The Morgan fingerprint density at radius 2 is 2.06 bits per heavy atom. The largest absolute Gasteiger partial charge is 0.458 e. The Balaban J connectivity index is 2.10. The van der Waals surface area contributed by atoms with Gasteiger partial charge >= 0.3 is 5.97 Å². The van der Waals surface area contributed by atoms with Gasteiger partial charge in [0.15, 0.2) is 17.5 Å². The zero-order valence-electron chi connectivity index (χ0n) is 10.6. The lowest BCUT2D eigenvalue weighted by molar-refractivity contribution is -0.179. The van der Waals surface area contributed by atoms with E-state index < -0.39 is 17.5 Å². The Morgan fingerprint density at radius 1 is 1.39 bits per heavy atom. The van der Waals surface area contributed by atoms with Crippen molar-refractivity contribution in [2.45, 2.75) is 44.6 Å². The summed E-state index contributed by atoms with van der Waals surface area (Å²) in [4.78, 5) is 35.8. The number of carbonyl (C=O) groups excluding carboxylic acids is 3. The van der Waals surface area contributed by atoms with E-state index in [1.807, 2.05) is 18.7 Å². The van der Waals surface area contributed by atoms with Crippen molar-refractivity contribution in [3.63, 3.8) is 0 Å². The number of esters is 1. The topological polar surface area (TPSA) is 60.4 Å². The third-order valence-electron chi connectivity index (χ3n) is 3.59. The fourth-order valence-electron chi connectivity index (χ4n) is 2.58. The van der Waals surface area contributed by atoms with E-state index in [0.29, 0.717) is 6.42 Å². The first-order valence-electron chi connectivity index (χ1n) is 6.44. The molecule has 0 aromatic rings. The summed E-state index contributed by atoms with van der Waals surface area (Å²) >= 11 is 1.81. The molecule has 0 N–H and O–H groups in total. The van der Waals surface area contributed by atoms with Crippen molar-refractivity contribution in [3.05, 3.63) is 0 Å². The van der Waals surface area contributed by atoms with Crippen molar-refractivity contribution >= 4 is 29.3 Å². The second-order valence-corrected chi connectivity index (χ2v) is 6.23. The summed E-state index contributed by atoms with van der Waals surface area (Å²) in [6, 6.07) is 0. The van der Waals surface area contributed by atoms with Gasteiger partial charge in [-0.05, 0) is 30.8 Å². The molecule has 2 aliphatic rings. The van der Waals surface area contributed by atoms with Crippen molar-refractivity contribution < 1.29 is 19.1 Å². The number of hydrogen-bond donors (Lipinski definition) is 0. The highest BCUT2D eigenvalue weighted by Crippen LogP contribution is 2.38. The number of rotatable bonds is 3. The quantitative estimate of drug-likeness (QED) is 0.577. The van der Waals surface area contributed by atoms with Gasteiger partial charge in [-0.25, -0.2) is 0 Å². The molecule has 0 amide bonds. The smallest absolute Gasteiger partial charge is 0.324 e. The summed E-state index contributed by atoms with van der Waals surface area (Å²) < 4.78 is 5.47. The van der Waals surface area contributed by atoms with Crippen LogP contribution in [0.1, 0.15) is 39.0 Å². The Labute approximate surface area is 111 Å². The Hall–Kier alpha value is -0.840. The summed E-state index contributed by atoms with van der Waals surface area (Å²) in [6.45, 7) is 1.86. The molecule has 5 heteroatoms. The van der Waals surface area contributed by atoms with Gasteiger partial charge in [0.1, 0.15) is 5.60 Å². The number of ether oxygens (including phenoxy) is 1. The molecule has 0 saturated carbocycles. The van der Waals surface area contributed by atoms with E-state index in [9.17, 15) is 14.4 Å². The van der Waals surface area contributed by atoms with E-state index in [0.717, 1.165) is 24.3 Å². The van der Waals surface area contributed by atoms with Crippen molar-refractivity contribution in [2.75, 3.05) is 11.5 Å². The van der Waals surface area contributed by atoms with Crippen molar-refractivity contribution in [1.82, 2.24) is 0 Å². The highest BCUT2D eigenvalue weighted by Gasteiger charge is 2.49. The summed E-state index contributed by atoms with van der Waals surface area (Å²) in [5, 5.41) is 0. The van der Waals surface area contributed by atoms with Gasteiger partial charge in [0.05, 0.1) is 0 Å². The second-order valence-electron chi connectivity index (χ2n) is 5.01. The number of ketones is 2. The minimum absolute atomic E-state index is 0.222. The lowest BCUT2D eigenvalue weighted by Gasteiger charge is -2.40. The molecule has 0 bridgehead atoms.